The highest BCUT2D eigenvalue weighted by atomic mass is 79.9. The van der Waals surface area contributed by atoms with Crippen LogP contribution in [0.3, 0.4) is 0 Å². The van der Waals surface area contributed by atoms with Crippen molar-refractivity contribution < 1.29 is 22.1 Å². The molecule has 1 aliphatic heterocycles. The van der Waals surface area contributed by atoms with Crippen molar-refractivity contribution in [1.82, 2.24) is 9.78 Å². The van der Waals surface area contributed by atoms with Crippen LogP contribution in [0.5, 0.6) is 0 Å². The van der Waals surface area contributed by atoms with Gasteiger partial charge in [0, 0.05) is 20.1 Å². The average molecular weight is 369 g/mol. The van der Waals surface area contributed by atoms with Crippen LogP contribution in [0.1, 0.15) is 24.6 Å². The van der Waals surface area contributed by atoms with Crippen molar-refractivity contribution in [2.45, 2.75) is 31.8 Å². The molecule has 0 aromatic carbocycles. The predicted octanol–water partition coefficient (Wildman–Crippen LogP) is 1.45. The van der Waals surface area contributed by atoms with Crippen molar-refractivity contribution in [3.05, 3.63) is 16.4 Å². The van der Waals surface area contributed by atoms with Crippen molar-refractivity contribution in [1.29, 1.82) is 0 Å². The van der Waals surface area contributed by atoms with Gasteiger partial charge in [0.15, 0.2) is 0 Å². The summed E-state index contributed by atoms with van der Waals surface area (Å²) >= 11 is 3.31. The van der Waals surface area contributed by atoms with E-state index >= 15 is 0 Å². The Balaban J connectivity index is 2.12. The van der Waals surface area contributed by atoms with Crippen molar-refractivity contribution in [3.63, 3.8) is 0 Å². The van der Waals surface area contributed by atoms with Gasteiger partial charge >= 0.3 is 0 Å². The van der Waals surface area contributed by atoms with Gasteiger partial charge in [-0.25, -0.2) is 4.68 Å². The number of aromatic nitrogens is 2. The largest absolute Gasteiger partial charge is 0.372 e. The second-order valence-corrected chi connectivity index (χ2v) is 7.03. The van der Waals surface area contributed by atoms with Gasteiger partial charge in [0.1, 0.15) is 17.4 Å². The zero-order valence-electron chi connectivity index (χ0n) is 11.3. The number of nitrogens with zero attached hydrogens (tertiary/aromatic N) is 2. The van der Waals surface area contributed by atoms with E-state index in [1.54, 1.807) is 11.8 Å². The third kappa shape index (κ3) is 4.26. The van der Waals surface area contributed by atoms with E-state index in [1.807, 2.05) is 6.07 Å². The summed E-state index contributed by atoms with van der Waals surface area (Å²) in [5, 5.41) is 4.24. The van der Waals surface area contributed by atoms with Crippen LogP contribution in [-0.2, 0) is 30.5 Å². The fourth-order valence-electron chi connectivity index (χ4n) is 2.19. The van der Waals surface area contributed by atoms with Crippen LogP contribution in [0, 0.1) is 0 Å². The zero-order chi connectivity index (χ0) is 14.8. The molecule has 2 heterocycles. The molecule has 0 N–H and O–H groups in total. The van der Waals surface area contributed by atoms with E-state index < -0.39 is 10.1 Å². The molecule has 0 spiro atoms. The topological polar surface area (TPSA) is 79.7 Å². The van der Waals surface area contributed by atoms with E-state index in [0.717, 1.165) is 11.9 Å². The maximum atomic E-state index is 11.2. The quantitative estimate of drug-likeness (QED) is 0.731. The number of methoxy groups -OCH3 is 1. The lowest BCUT2D eigenvalue weighted by molar-refractivity contribution is -0.0408. The molecular weight excluding hydrogens is 352 g/mol. The Morgan fingerprint density at radius 3 is 3.00 bits per heavy atom. The molecule has 114 valence electrons. The summed E-state index contributed by atoms with van der Waals surface area (Å²) in [6.07, 6.45) is 1.46. The summed E-state index contributed by atoms with van der Waals surface area (Å²) < 4.78 is 40.6. The minimum atomic E-state index is -3.46. The summed E-state index contributed by atoms with van der Waals surface area (Å²) in [5.41, 5.74) is 0.834. The molecule has 0 amide bonds. The fraction of sp³-hybridized carbons (Fsp3) is 0.727. The van der Waals surface area contributed by atoms with E-state index in [-0.39, 0.29) is 12.2 Å². The van der Waals surface area contributed by atoms with Crippen LogP contribution in [0.2, 0.25) is 0 Å². The second-order valence-electron chi connectivity index (χ2n) is 4.62. The van der Waals surface area contributed by atoms with E-state index in [2.05, 4.69) is 21.0 Å². The van der Waals surface area contributed by atoms with Crippen LogP contribution < -0.4 is 0 Å². The molecule has 2 rings (SSSR count). The van der Waals surface area contributed by atoms with Gasteiger partial charge in [-0.15, -0.1) is 0 Å². The summed E-state index contributed by atoms with van der Waals surface area (Å²) in [7, 11) is -1.88. The van der Waals surface area contributed by atoms with Crippen LogP contribution in [-0.4, -0.2) is 44.3 Å². The van der Waals surface area contributed by atoms with Crippen molar-refractivity contribution in [3.8, 4) is 0 Å². The van der Waals surface area contributed by atoms with Crippen molar-refractivity contribution in [2.24, 2.45) is 0 Å². The predicted molar refractivity (Wildman–Crippen MR) is 74.6 cm³/mol. The van der Waals surface area contributed by atoms with Crippen LogP contribution in [0.4, 0.5) is 0 Å². The molecule has 1 aromatic heterocycles. The molecule has 20 heavy (non-hydrogen) atoms. The normalized spacial score (nSPS) is 23.9. The van der Waals surface area contributed by atoms with Gasteiger partial charge in [0.05, 0.1) is 18.1 Å². The number of hydrogen-bond donors (Lipinski definition) is 0. The third-order valence-corrected chi connectivity index (χ3v) is 3.92. The van der Waals surface area contributed by atoms with Gasteiger partial charge in [-0.2, -0.15) is 13.5 Å². The lowest BCUT2D eigenvalue weighted by atomic mass is 10.0. The molecule has 9 heteroatoms. The molecule has 7 nitrogen and oxygen atoms in total. The minimum absolute atomic E-state index is 0.260. The first-order chi connectivity index (χ1) is 9.39. The molecule has 0 radical (unpaired) electrons. The van der Waals surface area contributed by atoms with Crippen molar-refractivity contribution in [2.75, 3.05) is 20.0 Å². The Morgan fingerprint density at radius 1 is 1.60 bits per heavy atom. The maximum absolute atomic E-state index is 11.2. The molecule has 2 unspecified atom stereocenters. The fourth-order valence-corrected chi connectivity index (χ4v) is 3.29. The Kier molecular flexibility index (Phi) is 5.19. The van der Waals surface area contributed by atoms with E-state index in [9.17, 15) is 8.42 Å². The molecule has 1 fully saturated rings. The molecule has 0 aliphatic carbocycles. The van der Waals surface area contributed by atoms with Gasteiger partial charge in [-0.3, -0.25) is 4.18 Å². The molecular formula is C11H17BrN2O5S. The standard InChI is InChI=1S/C11H17BrN2O5S/c1-17-7-14-9(6-11(12)13-14)10-5-8(3-4-18-10)19-20(2,15)16/h6,8,10H,3-5,7H2,1-2H3. The van der Waals surface area contributed by atoms with Crippen molar-refractivity contribution >= 4 is 26.0 Å². The van der Waals surface area contributed by atoms with Crippen LogP contribution in [0.25, 0.3) is 0 Å². The first-order valence-corrected chi connectivity index (χ1v) is 8.72. The van der Waals surface area contributed by atoms with Gasteiger partial charge in [0.25, 0.3) is 10.1 Å². The molecule has 1 saturated heterocycles. The SMILES string of the molecule is COCn1nc(Br)cc1C1CC(OS(C)(=O)=O)CCO1. The van der Waals surface area contributed by atoms with Gasteiger partial charge in [-0.05, 0) is 28.4 Å². The highest BCUT2D eigenvalue weighted by molar-refractivity contribution is 9.10. The van der Waals surface area contributed by atoms with Gasteiger partial charge in [0.2, 0.25) is 0 Å². The first kappa shape index (κ1) is 15.9. The Bertz CT molecular complexity index is 559. The monoisotopic (exact) mass is 368 g/mol. The zero-order valence-corrected chi connectivity index (χ0v) is 13.7. The first-order valence-electron chi connectivity index (χ1n) is 6.11. The highest BCUT2D eigenvalue weighted by Crippen LogP contribution is 2.31. The average Bonchev–Trinajstić information content (AvgIpc) is 2.69. The maximum Gasteiger partial charge on any atom is 0.264 e. The summed E-state index contributed by atoms with van der Waals surface area (Å²) in [4.78, 5) is 0. The van der Waals surface area contributed by atoms with E-state index in [1.165, 1.54) is 0 Å². The molecule has 0 bridgehead atoms. The lowest BCUT2D eigenvalue weighted by Crippen LogP contribution is -2.29. The summed E-state index contributed by atoms with van der Waals surface area (Å²) in [6, 6.07) is 1.84. The Hall–Kier alpha value is -0.480. The number of halogens is 1. The third-order valence-electron chi connectivity index (χ3n) is 2.91. The van der Waals surface area contributed by atoms with E-state index in [4.69, 9.17) is 13.7 Å². The summed E-state index contributed by atoms with van der Waals surface area (Å²) in [6.45, 7) is 0.749. The molecule has 1 aliphatic rings. The molecule has 2 atom stereocenters. The van der Waals surface area contributed by atoms with E-state index in [0.29, 0.717) is 30.8 Å². The molecule has 1 aromatic rings. The molecule has 0 saturated carbocycles. The minimum Gasteiger partial charge on any atom is -0.372 e. The summed E-state index contributed by atoms with van der Waals surface area (Å²) in [5.74, 6) is 0. The highest BCUT2D eigenvalue weighted by Gasteiger charge is 2.29. The number of ether oxygens (including phenoxy) is 2. The van der Waals surface area contributed by atoms with Crippen LogP contribution in [0.15, 0.2) is 10.7 Å². The number of hydrogen-bond acceptors (Lipinski definition) is 6. The van der Waals surface area contributed by atoms with Gasteiger partial charge < -0.3 is 9.47 Å². The van der Waals surface area contributed by atoms with Gasteiger partial charge in [-0.1, -0.05) is 0 Å². The van der Waals surface area contributed by atoms with Crippen LogP contribution >= 0.6 is 15.9 Å². The lowest BCUT2D eigenvalue weighted by Gasteiger charge is -2.28. The number of rotatable bonds is 5. The smallest absolute Gasteiger partial charge is 0.264 e. The Labute approximate surface area is 126 Å². The second kappa shape index (κ2) is 6.52. The Morgan fingerprint density at radius 2 is 2.35 bits per heavy atom.